The van der Waals surface area contributed by atoms with Gasteiger partial charge in [0.15, 0.2) is 0 Å². The third-order valence-corrected chi connectivity index (χ3v) is 7.30. The first-order chi connectivity index (χ1) is 3.70. The van der Waals surface area contributed by atoms with Crippen molar-refractivity contribution in [2.75, 3.05) is 0 Å². The van der Waals surface area contributed by atoms with Gasteiger partial charge >= 0.3 is 86.0 Å². The zero-order valence-electron chi connectivity index (χ0n) is 4.35. The predicted octanol–water partition coefficient (Wildman–Crippen LogP) is 2.27. The number of hydrogen-bond acceptors (Lipinski definition) is 2. The van der Waals surface area contributed by atoms with Crippen LogP contribution in [0.4, 0.5) is 0 Å². The van der Waals surface area contributed by atoms with E-state index >= 15 is 0 Å². The van der Waals surface area contributed by atoms with Crippen molar-refractivity contribution in [1.29, 1.82) is 0 Å². The summed E-state index contributed by atoms with van der Waals surface area (Å²) in [5, 5.41) is 0. The summed E-state index contributed by atoms with van der Waals surface area (Å²) in [6.07, 6.45) is 0. The van der Waals surface area contributed by atoms with Gasteiger partial charge in [-0.05, 0) is 0 Å². The fourth-order valence-electron chi connectivity index (χ4n) is 0.430. The molecule has 0 aromatic rings. The molecule has 1 aliphatic rings. The first-order valence-electron chi connectivity index (χ1n) is 2.15. The van der Waals surface area contributed by atoms with Crippen molar-refractivity contribution in [1.82, 2.24) is 0 Å². The van der Waals surface area contributed by atoms with Gasteiger partial charge in [-0.25, -0.2) is 0 Å². The Morgan fingerprint density at radius 1 is 1.62 bits per heavy atom. The van der Waals surface area contributed by atoms with Gasteiger partial charge in [0.1, 0.15) is 0 Å². The molecule has 0 spiro atoms. The third-order valence-electron chi connectivity index (χ3n) is 0.789. The number of rotatable bonds is 0. The summed E-state index contributed by atoms with van der Waals surface area (Å²) in [4.78, 5) is 1.52. The van der Waals surface area contributed by atoms with Gasteiger partial charge < -0.3 is 0 Å². The van der Waals surface area contributed by atoms with Crippen molar-refractivity contribution >= 4 is 68.6 Å². The molecule has 0 aliphatic carbocycles. The zero-order chi connectivity index (χ0) is 6.15. The fraction of sp³-hybridized carbons (Fsp3) is 0.500. The average molecular weight is 363 g/mol. The molecule has 0 N–H and O–H groups in total. The molecule has 2 radical (unpaired) electrons. The van der Waals surface area contributed by atoms with Crippen LogP contribution in [0.2, 0.25) is 0 Å². The minimum absolute atomic E-state index is 0.882. The van der Waals surface area contributed by atoms with E-state index < -0.39 is 0 Å². The van der Waals surface area contributed by atoms with Gasteiger partial charge in [-0.3, -0.25) is 0 Å². The molecule has 0 saturated heterocycles. The van der Waals surface area contributed by atoms with E-state index in [4.69, 9.17) is 0 Å². The van der Waals surface area contributed by atoms with Crippen molar-refractivity contribution in [2.24, 2.45) is 0 Å². The molecule has 4 heteroatoms. The zero-order valence-corrected chi connectivity index (χ0v) is 11.4. The summed E-state index contributed by atoms with van der Waals surface area (Å²) in [5.41, 5.74) is 0. The first-order valence-corrected chi connectivity index (χ1v) is 6.89. The Balaban J connectivity index is 2.60. The van der Waals surface area contributed by atoms with Gasteiger partial charge in [-0.2, -0.15) is 0 Å². The molecule has 8 heavy (non-hydrogen) atoms. The van der Waals surface area contributed by atoms with Crippen molar-refractivity contribution in [3.05, 3.63) is 7.82 Å². The van der Waals surface area contributed by atoms with Crippen LogP contribution in [0.3, 0.4) is 0 Å². The maximum atomic E-state index is 2.42. The molecule has 0 saturated carbocycles. The number of halogens is 1. The first kappa shape index (κ1) is 8.07. The molecule has 0 nitrogen and oxygen atoms in total. The average Bonchev–Trinajstić information content (AvgIpc) is 1.85. The second-order valence-corrected chi connectivity index (χ2v) is 10.7. The summed E-state index contributed by atoms with van der Waals surface area (Å²) in [7, 11) is 0. The van der Waals surface area contributed by atoms with E-state index in [0.29, 0.717) is 0 Å². The molecule has 0 bridgehead atoms. The Bertz CT molecular complexity index is 120. The number of hydrogen-bond donors (Lipinski definition) is 0. The van der Waals surface area contributed by atoms with Gasteiger partial charge in [0, 0.05) is 0 Å². The van der Waals surface area contributed by atoms with Crippen molar-refractivity contribution in [3.8, 4) is 0 Å². The Morgan fingerprint density at radius 3 is 2.38 bits per heavy atom. The summed E-state index contributed by atoms with van der Waals surface area (Å²) in [6.45, 7) is 2.20. The summed E-state index contributed by atoms with van der Waals surface area (Å²) in [6, 6.07) is 0. The van der Waals surface area contributed by atoms with Gasteiger partial charge in [-0.1, -0.05) is 0 Å². The quantitative estimate of drug-likeness (QED) is 0.479. The second kappa shape index (κ2) is 3.39. The van der Waals surface area contributed by atoms with Crippen LogP contribution in [-0.2, 0) is 0 Å². The number of allylic oxidation sites excluding steroid dienone is 1. The van der Waals surface area contributed by atoms with Gasteiger partial charge in [0.25, 0.3) is 0 Å². The molecule has 1 rings (SSSR count). The summed E-state index contributed by atoms with van der Waals surface area (Å²) < 4.78 is 2.39. The number of thioether (sulfide) groups is 2. The molecule has 1 atom stereocenters. The van der Waals surface area contributed by atoms with Gasteiger partial charge in [0.2, 0.25) is 0 Å². The Labute approximate surface area is 84.9 Å². The predicted molar refractivity (Wildman–Crippen MR) is 52.8 cm³/mol. The molecule has 0 aromatic carbocycles. The van der Waals surface area contributed by atoms with Gasteiger partial charge in [0.05, 0.1) is 0 Å². The van der Waals surface area contributed by atoms with Gasteiger partial charge in [-0.15, -0.1) is 0 Å². The van der Waals surface area contributed by atoms with Crippen LogP contribution in [0.1, 0.15) is 6.92 Å². The third kappa shape index (κ3) is 1.98. The molecular weight excluding hydrogens is 358 g/mol. The van der Waals surface area contributed by atoms with Crippen LogP contribution < -0.4 is 0 Å². The standard InChI is InChI=1S/C4H4IS2.Sn.H/c1-3-4(5)7-2-6-3;;/h2H,1H3;;. The fourth-order valence-corrected chi connectivity index (χ4v) is 9.45. The second-order valence-electron chi connectivity index (χ2n) is 1.43. The Kier molecular flexibility index (Phi) is 3.42. The van der Waals surface area contributed by atoms with Crippen LogP contribution in [0.15, 0.2) is 7.82 Å². The van der Waals surface area contributed by atoms with E-state index in [-0.39, 0.29) is 0 Å². The van der Waals surface area contributed by atoms with Crippen LogP contribution in [0, 0.1) is 0 Å². The molecule has 0 aromatic heterocycles. The SMILES string of the molecule is CC1=C(I)S[CH]([SnH])S1. The molecule has 0 amide bonds. The van der Waals surface area contributed by atoms with E-state index in [9.17, 15) is 0 Å². The topological polar surface area (TPSA) is 0 Å². The molecule has 1 unspecified atom stereocenters. The molecule has 44 valence electrons. The molecule has 1 heterocycles. The molecule has 1 aliphatic heterocycles. The van der Waals surface area contributed by atoms with Crippen LogP contribution in [0.25, 0.3) is 0 Å². The van der Waals surface area contributed by atoms with Crippen LogP contribution in [-0.4, -0.2) is 25.1 Å². The van der Waals surface area contributed by atoms with E-state index in [1.54, 1.807) is 0 Å². The van der Waals surface area contributed by atoms with E-state index in [0.717, 1.165) is 2.60 Å². The van der Waals surface area contributed by atoms with Crippen molar-refractivity contribution in [3.63, 3.8) is 0 Å². The maximum absolute atomic E-state index is 2.42. The van der Waals surface area contributed by atoms with Crippen LogP contribution in [0.5, 0.6) is 0 Å². The monoisotopic (exact) mass is 364 g/mol. The van der Waals surface area contributed by atoms with E-state index in [2.05, 4.69) is 29.5 Å². The molecular formula is C4H5IS2Sn. The van der Waals surface area contributed by atoms with Crippen molar-refractivity contribution in [2.45, 2.75) is 9.52 Å². The summed E-state index contributed by atoms with van der Waals surface area (Å²) in [5.74, 6) is 0. The Hall–Kier alpha value is 1.97. The van der Waals surface area contributed by atoms with E-state index in [1.807, 2.05) is 23.5 Å². The summed E-state index contributed by atoms with van der Waals surface area (Å²) >= 11 is 7.82. The minimum atomic E-state index is 0.882. The molecule has 0 fully saturated rings. The Morgan fingerprint density at radius 2 is 2.25 bits per heavy atom. The van der Waals surface area contributed by atoms with E-state index in [1.165, 1.54) is 30.3 Å². The van der Waals surface area contributed by atoms with Crippen molar-refractivity contribution < 1.29 is 0 Å². The normalized spacial score (nSPS) is 29.6. The van der Waals surface area contributed by atoms with Crippen LogP contribution >= 0.6 is 46.1 Å².